The monoisotopic (exact) mass is 288 g/mol. The zero-order valence-corrected chi connectivity index (χ0v) is 13.4. The maximum absolute atomic E-state index is 12.1. The first kappa shape index (κ1) is 14.7. The molecule has 0 fully saturated rings. The molecule has 0 N–H and O–H groups in total. The van der Waals surface area contributed by atoms with Crippen LogP contribution < -0.4 is 4.80 Å². The van der Waals surface area contributed by atoms with Crippen LogP contribution in [0.15, 0.2) is 35.5 Å². The normalized spacial score (nSPS) is 12.8. The summed E-state index contributed by atoms with van der Waals surface area (Å²) in [5.74, 6) is -0.0965. The number of aromatic nitrogens is 1. The standard InChI is InChI=1S/C16H20N2OS/c1-11-7-6-8-13(9-11)18-10-12(2)20-15(18)17-14(19)16(3,4)5/h6-10H,1-5H3/b17-15-. The fourth-order valence-corrected chi connectivity index (χ4v) is 2.58. The number of amides is 1. The van der Waals surface area contributed by atoms with E-state index in [1.165, 1.54) is 16.9 Å². The van der Waals surface area contributed by atoms with Crippen LogP contribution in [0.4, 0.5) is 0 Å². The van der Waals surface area contributed by atoms with E-state index in [1.54, 1.807) is 0 Å². The number of hydrogen-bond acceptors (Lipinski definition) is 2. The Bertz CT molecular complexity index is 702. The molecular formula is C16H20N2OS. The highest BCUT2D eigenvalue weighted by molar-refractivity contribution is 7.09. The van der Waals surface area contributed by atoms with Crippen molar-refractivity contribution in [1.29, 1.82) is 0 Å². The molecule has 0 unspecified atom stereocenters. The van der Waals surface area contributed by atoms with Gasteiger partial charge in [0.2, 0.25) is 0 Å². The largest absolute Gasteiger partial charge is 0.292 e. The molecule has 3 nitrogen and oxygen atoms in total. The fourth-order valence-electron chi connectivity index (χ4n) is 1.75. The number of carbonyl (C=O) groups is 1. The summed E-state index contributed by atoms with van der Waals surface area (Å²) < 4.78 is 1.98. The van der Waals surface area contributed by atoms with Crippen molar-refractivity contribution in [2.75, 3.05) is 0 Å². The van der Waals surface area contributed by atoms with Gasteiger partial charge in [-0.05, 0) is 31.5 Å². The van der Waals surface area contributed by atoms with E-state index >= 15 is 0 Å². The van der Waals surface area contributed by atoms with E-state index in [1.807, 2.05) is 50.6 Å². The quantitative estimate of drug-likeness (QED) is 0.789. The molecule has 0 aliphatic carbocycles. The van der Waals surface area contributed by atoms with Crippen LogP contribution >= 0.6 is 11.3 Å². The first-order valence-corrected chi connectivity index (χ1v) is 7.44. The molecule has 0 aliphatic rings. The van der Waals surface area contributed by atoms with Crippen LogP contribution in [0.5, 0.6) is 0 Å². The number of rotatable bonds is 1. The van der Waals surface area contributed by atoms with E-state index in [9.17, 15) is 4.79 Å². The lowest BCUT2D eigenvalue weighted by molar-refractivity contribution is -0.125. The first-order chi connectivity index (χ1) is 9.27. The maximum atomic E-state index is 12.1. The molecule has 0 bridgehead atoms. The van der Waals surface area contributed by atoms with Crippen LogP contribution in [0.1, 0.15) is 31.2 Å². The topological polar surface area (TPSA) is 34.4 Å². The molecule has 1 aromatic heterocycles. The Balaban J connectivity index is 2.57. The minimum Gasteiger partial charge on any atom is -0.292 e. The van der Waals surface area contributed by atoms with Gasteiger partial charge in [0.1, 0.15) is 0 Å². The Morgan fingerprint density at radius 1 is 1.25 bits per heavy atom. The minimum atomic E-state index is -0.456. The van der Waals surface area contributed by atoms with Gasteiger partial charge in [-0.15, -0.1) is 11.3 Å². The summed E-state index contributed by atoms with van der Waals surface area (Å²) >= 11 is 1.53. The van der Waals surface area contributed by atoms with Gasteiger partial charge in [0.05, 0.1) is 0 Å². The molecule has 0 aliphatic heterocycles. The van der Waals surface area contributed by atoms with Gasteiger partial charge >= 0.3 is 0 Å². The third kappa shape index (κ3) is 3.25. The third-order valence-electron chi connectivity index (χ3n) is 2.89. The molecule has 2 rings (SSSR count). The van der Waals surface area contributed by atoms with Crippen LogP contribution in [0.2, 0.25) is 0 Å². The molecule has 4 heteroatoms. The summed E-state index contributed by atoms with van der Waals surface area (Å²) in [5.41, 5.74) is 1.77. The van der Waals surface area contributed by atoms with E-state index in [0.29, 0.717) is 0 Å². The average molecular weight is 288 g/mol. The van der Waals surface area contributed by atoms with E-state index in [4.69, 9.17) is 0 Å². The lowest BCUT2D eigenvalue weighted by atomic mass is 9.96. The lowest BCUT2D eigenvalue weighted by Crippen LogP contribution is -2.22. The zero-order chi connectivity index (χ0) is 14.9. The molecule has 20 heavy (non-hydrogen) atoms. The summed E-state index contributed by atoms with van der Waals surface area (Å²) in [6, 6.07) is 8.19. The highest BCUT2D eigenvalue weighted by atomic mass is 32.1. The SMILES string of the molecule is Cc1cccc(-n2cc(C)s/c2=N\C(=O)C(C)(C)C)c1. The van der Waals surface area contributed by atoms with E-state index < -0.39 is 5.41 Å². The summed E-state index contributed by atoms with van der Waals surface area (Å²) in [6.45, 7) is 9.74. The number of thiazole rings is 1. The highest BCUT2D eigenvalue weighted by Gasteiger charge is 2.20. The Morgan fingerprint density at radius 2 is 1.95 bits per heavy atom. The van der Waals surface area contributed by atoms with Crippen molar-refractivity contribution in [3.63, 3.8) is 0 Å². The lowest BCUT2D eigenvalue weighted by Gasteiger charge is -2.12. The minimum absolute atomic E-state index is 0.0965. The van der Waals surface area contributed by atoms with E-state index in [0.717, 1.165) is 15.4 Å². The molecular weight excluding hydrogens is 268 g/mol. The molecule has 1 heterocycles. The second-order valence-corrected chi connectivity index (χ2v) is 7.21. The first-order valence-electron chi connectivity index (χ1n) is 6.63. The van der Waals surface area contributed by atoms with Crippen LogP contribution in [-0.2, 0) is 4.79 Å². The van der Waals surface area contributed by atoms with Crippen LogP contribution in [0.3, 0.4) is 0 Å². The summed E-state index contributed by atoms with van der Waals surface area (Å²) in [4.78, 5) is 18.3. The number of carbonyl (C=O) groups excluding carboxylic acids is 1. The molecule has 1 amide bonds. The number of hydrogen-bond donors (Lipinski definition) is 0. The van der Waals surface area contributed by atoms with Gasteiger partial charge in [0.25, 0.3) is 5.91 Å². The van der Waals surface area contributed by atoms with Gasteiger partial charge in [0, 0.05) is 22.2 Å². The average Bonchev–Trinajstić information content (AvgIpc) is 2.69. The van der Waals surface area contributed by atoms with Gasteiger partial charge in [-0.1, -0.05) is 32.9 Å². The molecule has 0 saturated carbocycles. The van der Waals surface area contributed by atoms with Crippen molar-refractivity contribution >= 4 is 17.2 Å². The van der Waals surface area contributed by atoms with Gasteiger partial charge < -0.3 is 0 Å². The molecule has 1 aromatic carbocycles. The van der Waals surface area contributed by atoms with Crippen molar-refractivity contribution in [1.82, 2.24) is 4.57 Å². The Hall–Kier alpha value is -1.68. The molecule has 2 aromatic rings. The molecule has 106 valence electrons. The summed E-state index contributed by atoms with van der Waals surface area (Å²) in [6.07, 6.45) is 2.02. The van der Waals surface area contributed by atoms with Crippen LogP contribution in [0, 0.1) is 19.3 Å². The smallest absolute Gasteiger partial charge is 0.253 e. The summed E-state index contributed by atoms with van der Waals surface area (Å²) in [5, 5.41) is 0. The number of aryl methyl sites for hydroxylation is 2. The second-order valence-electron chi connectivity index (χ2n) is 6.00. The Labute approximate surface area is 123 Å². The Morgan fingerprint density at radius 3 is 2.55 bits per heavy atom. The summed E-state index contributed by atoms with van der Waals surface area (Å²) in [7, 11) is 0. The third-order valence-corrected chi connectivity index (χ3v) is 3.79. The van der Waals surface area contributed by atoms with Crippen LogP contribution in [0.25, 0.3) is 5.69 Å². The Kier molecular flexibility index (Phi) is 3.95. The van der Waals surface area contributed by atoms with E-state index in [-0.39, 0.29) is 5.91 Å². The predicted octanol–water partition coefficient (Wildman–Crippen LogP) is 3.63. The molecule has 0 radical (unpaired) electrons. The van der Waals surface area contributed by atoms with Crippen LogP contribution in [-0.4, -0.2) is 10.5 Å². The molecule has 0 spiro atoms. The molecule has 0 saturated heterocycles. The highest BCUT2D eigenvalue weighted by Crippen LogP contribution is 2.16. The maximum Gasteiger partial charge on any atom is 0.253 e. The van der Waals surface area contributed by atoms with Gasteiger partial charge in [-0.25, -0.2) is 0 Å². The van der Waals surface area contributed by atoms with Gasteiger partial charge in [-0.2, -0.15) is 4.99 Å². The second kappa shape index (κ2) is 5.37. The van der Waals surface area contributed by atoms with Crippen molar-refractivity contribution in [2.24, 2.45) is 10.4 Å². The number of nitrogens with zero attached hydrogens (tertiary/aromatic N) is 2. The zero-order valence-electron chi connectivity index (χ0n) is 12.6. The van der Waals surface area contributed by atoms with E-state index in [2.05, 4.69) is 24.0 Å². The van der Waals surface area contributed by atoms with Crippen molar-refractivity contribution in [3.05, 3.63) is 45.7 Å². The van der Waals surface area contributed by atoms with Gasteiger partial charge in [0.15, 0.2) is 4.80 Å². The fraction of sp³-hybridized carbons (Fsp3) is 0.375. The predicted molar refractivity (Wildman–Crippen MR) is 83.1 cm³/mol. The van der Waals surface area contributed by atoms with Gasteiger partial charge in [-0.3, -0.25) is 9.36 Å². The van der Waals surface area contributed by atoms with Crippen molar-refractivity contribution in [2.45, 2.75) is 34.6 Å². The molecule has 0 atom stereocenters. The van der Waals surface area contributed by atoms with Crippen molar-refractivity contribution in [3.8, 4) is 5.69 Å². The van der Waals surface area contributed by atoms with Crippen molar-refractivity contribution < 1.29 is 4.79 Å². The number of benzene rings is 1.